The number of amides is 1. The van der Waals surface area contributed by atoms with E-state index in [9.17, 15) is 4.79 Å². The van der Waals surface area contributed by atoms with E-state index in [2.05, 4.69) is 5.32 Å². The van der Waals surface area contributed by atoms with Gasteiger partial charge in [0.15, 0.2) is 0 Å². The molecule has 1 rings (SSSR count). The Morgan fingerprint density at radius 1 is 1.56 bits per heavy atom. The highest BCUT2D eigenvalue weighted by atomic mass is 32.2. The lowest BCUT2D eigenvalue weighted by molar-refractivity contribution is -0.118. The van der Waals surface area contributed by atoms with E-state index in [1.807, 2.05) is 25.3 Å². The second kappa shape index (κ2) is 6.60. The Morgan fingerprint density at radius 3 is 2.88 bits per heavy atom. The Labute approximate surface area is 100.0 Å². The predicted molar refractivity (Wildman–Crippen MR) is 66.0 cm³/mol. The molecule has 0 fully saturated rings. The molecule has 16 heavy (non-hydrogen) atoms. The monoisotopic (exact) mass is 242 g/mol. The van der Waals surface area contributed by atoms with Crippen LogP contribution in [0.2, 0.25) is 0 Å². The lowest BCUT2D eigenvalue weighted by Gasteiger charge is -2.09. The molecule has 0 aliphatic carbocycles. The van der Waals surface area contributed by atoms with Gasteiger partial charge in [0.25, 0.3) is 0 Å². The standard InChI is InChI=1S/C11H18N2O2S/c1-8(5-11(12)14)13-6-9-3-4-10(15-9)7-16-2/h3-4,8,13H,5-7H2,1-2H3,(H2,12,14). The van der Waals surface area contributed by atoms with Crippen LogP contribution in [0.1, 0.15) is 24.9 Å². The van der Waals surface area contributed by atoms with E-state index < -0.39 is 0 Å². The van der Waals surface area contributed by atoms with Crippen LogP contribution in [0.5, 0.6) is 0 Å². The fourth-order valence-electron chi connectivity index (χ4n) is 1.39. The molecule has 1 amide bonds. The van der Waals surface area contributed by atoms with Gasteiger partial charge in [0.1, 0.15) is 11.5 Å². The highest BCUT2D eigenvalue weighted by Crippen LogP contribution is 2.13. The molecule has 3 N–H and O–H groups in total. The number of hydrogen-bond donors (Lipinski definition) is 2. The lowest BCUT2D eigenvalue weighted by atomic mass is 10.2. The van der Waals surface area contributed by atoms with E-state index in [0.717, 1.165) is 17.3 Å². The summed E-state index contributed by atoms with van der Waals surface area (Å²) >= 11 is 1.73. The summed E-state index contributed by atoms with van der Waals surface area (Å²) in [6.45, 7) is 2.55. The molecule has 1 aromatic rings. The summed E-state index contributed by atoms with van der Waals surface area (Å²) in [7, 11) is 0. The first kappa shape index (κ1) is 13.1. The number of primary amides is 1. The van der Waals surface area contributed by atoms with Gasteiger partial charge in [0, 0.05) is 12.5 Å². The number of nitrogens with two attached hydrogens (primary N) is 1. The number of carbonyl (C=O) groups excluding carboxylic acids is 1. The van der Waals surface area contributed by atoms with E-state index in [-0.39, 0.29) is 11.9 Å². The first-order valence-electron chi connectivity index (χ1n) is 5.20. The maximum atomic E-state index is 10.7. The normalized spacial score (nSPS) is 12.6. The van der Waals surface area contributed by atoms with Crippen LogP contribution in [0, 0.1) is 0 Å². The molecule has 1 heterocycles. The molecule has 0 saturated carbocycles. The molecule has 1 unspecified atom stereocenters. The molecule has 0 aliphatic rings. The van der Waals surface area contributed by atoms with Crippen LogP contribution >= 0.6 is 11.8 Å². The number of nitrogens with one attached hydrogen (secondary N) is 1. The van der Waals surface area contributed by atoms with Crippen molar-refractivity contribution < 1.29 is 9.21 Å². The maximum Gasteiger partial charge on any atom is 0.218 e. The quantitative estimate of drug-likeness (QED) is 0.760. The van der Waals surface area contributed by atoms with Crippen molar-refractivity contribution in [3.63, 3.8) is 0 Å². The van der Waals surface area contributed by atoms with Crippen LogP contribution < -0.4 is 11.1 Å². The zero-order chi connectivity index (χ0) is 12.0. The van der Waals surface area contributed by atoms with Gasteiger partial charge >= 0.3 is 0 Å². The Bertz CT molecular complexity index is 338. The number of rotatable bonds is 7. The van der Waals surface area contributed by atoms with Gasteiger partial charge in [-0.2, -0.15) is 11.8 Å². The molecule has 90 valence electrons. The summed E-state index contributed by atoms with van der Waals surface area (Å²) in [6, 6.07) is 4.01. The lowest BCUT2D eigenvalue weighted by Crippen LogP contribution is -2.30. The fraction of sp³-hybridized carbons (Fsp3) is 0.545. The van der Waals surface area contributed by atoms with Crippen LogP contribution in [0.3, 0.4) is 0 Å². The van der Waals surface area contributed by atoms with Crippen molar-refractivity contribution in [1.29, 1.82) is 0 Å². The summed E-state index contributed by atoms with van der Waals surface area (Å²) in [4.78, 5) is 10.7. The van der Waals surface area contributed by atoms with Crippen molar-refractivity contribution in [3.8, 4) is 0 Å². The van der Waals surface area contributed by atoms with Crippen molar-refractivity contribution in [2.75, 3.05) is 6.26 Å². The molecule has 5 heteroatoms. The van der Waals surface area contributed by atoms with Crippen molar-refractivity contribution in [3.05, 3.63) is 23.7 Å². The van der Waals surface area contributed by atoms with Crippen LogP contribution in [-0.2, 0) is 17.1 Å². The minimum atomic E-state index is -0.289. The van der Waals surface area contributed by atoms with E-state index in [0.29, 0.717) is 13.0 Å². The predicted octanol–water partition coefficient (Wildman–Crippen LogP) is 1.50. The molecule has 1 atom stereocenters. The number of thioether (sulfide) groups is 1. The summed E-state index contributed by atoms with van der Waals surface area (Å²) < 4.78 is 5.58. The summed E-state index contributed by atoms with van der Waals surface area (Å²) in [5.41, 5.74) is 5.10. The third-order valence-electron chi connectivity index (χ3n) is 2.14. The molecule has 0 bridgehead atoms. The third kappa shape index (κ3) is 4.72. The molecule has 1 aromatic heterocycles. The van der Waals surface area contributed by atoms with Gasteiger partial charge in [0.05, 0.1) is 12.3 Å². The average Bonchev–Trinajstić information content (AvgIpc) is 2.62. The van der Waals surface area contributed by atoms with Crippen molar-refractivity contribution in [2.45, 2.75) is 31.7 Å². The Hall–Kier alpha value is -0.940. The molecular formula is C11H18N2O2S. The van der Waals surface area contributed by atoms with Gasteiger partial charge in [-0.05, 0) is 25.3 Å². The Morgan fingerprint density at radius 2 is 2.25 bits per heavy atom. The summed E-state index contributed by atoms with van der Waals surface area (Å²) in [5, 5.41) is 3.18. The van der Waals surface area contributed by atoms with Crippen molar-refractivity contribution in [2.24, 2.45) is 5.73 Å². The number of hydrogen-bond acceptors (Lipinski definition) is 4. The smallest absolute Gasteiger partial charge is 0.218 e. The van der Waals surface area contributed by atoms with Crippen LogP contribution in [0.25, 0.3) is 0 Å². The van der Waals surface area contributed by atoms with Crippen LogP contribution in [0.15, 0.2) is 16.5 Å². The molecule has 0 aliphatic heterocycles. The van der Waals surface area contributed by atoms with Crippen molar-refractivity contribution in [1.82, 2.24) is 5.32 Å². The van der Waals surface area contributed by atoms with Crippen LogP contribution in [-0.4, -0.2) is 18.2 Å². The first-order valence-corrected chi connectivity index (χ1v) is 6.59. The van der Waals surface area contributed by atoms with Gasteiger partial charge in [-0.3, -0.25) is 4.79 Å². The van der Waals surface area contributed by atoms with Crippen LogP contribution in [0.4, 0.5) is 0 Å². The largest absolute Gasteiger partial charge is 0.464 e. The second-order valence-electron chi connectivity index (χ2n) is 3.75. The third-order valence-corrected chi connectivity index (χ3v) is 2.71. The average molecular weight is 242 g/mol. The van der Waals surface area contributed by atoms with Gasteiger partial charge < -0.3 is 15.5 Å². The zero-order valence-corrected chi connectivity index (χ0v) is 10.5. The van der Waals surface area contributed by atoms with E-state index >= 15 is 0 Å². The van der Waals surface area contributed by atoms with E-state index in [1.165, 1.54) is 0 Å². The first-order chi connectivity index (χ1) is 7.61. The fourth-order valence-corrected chi connectivity index (χ4v) is 1.83. The number of furan rings is 1. The SMILES string of the molecule is CSCc1ccc(CNC(C)CC(N)=O)o1. The molecule has 0 spiro atoms. The van der Waals surface area contributed by atoms with Crippen molar-refractivity contribution >= 4 is 17.7 Å². The molecule has 0 aromatic carbocycles. The molecular weight excluding hydrogens is 224 g/mol. The van der Waals surface area contributed by atoms with Gasteiger partial charge in [0.2, 0.25) is 5.91 Å². The Kier molecular flexibility index (Phi) is 5.42. The summed E-state index contributed by atoms with van der Waals surface area (Å²) in [6.07, 6.45) is 2.38. The van der Waals surface area contributed by atoms with Gasteiger partial charge in [-0.1, -0.05) is 0 Å². The maximum absolute atomic E-state index is 10.7. The molecule has 4 nitrogen and oxygen atoms in total. The highest BCUT2D eigenvalue weighted by Gasteiger charge is 2.07. The summed E-state index contributed by atoms with van der Waals surface area (Å²) in [5.74, 6) is 2.46. The van der Waals surface area contributed by atoms with Gasteiger partial charge in [-0.25, -0.2) is 0 Å². The minimum absolute atomic E-state index is 0.0756. The Balaban J connectivity index is 2.33. The molecule has 0 radical (unpaired) electrons. The zero-order valence-electron chi connectivity index (χ0n) is 9.66. The molecule has 0 saturated heterocycles. The van der Waals surface area contributed by atoms with E-state index in [1.54, 1.807) is 11.8 Å². The highest BCUT2D eigenvalue weighted by molar-refractivity contribution is 7.97. The topological polar surface area (TPSA) is 68.3 Å². The minimum Gasteiger partial charge on any atom is -0.464 e. The number of carbonyl (C=O) groups is 1. The second-order valence-corrected chi connectivity index (χ2v) is 4.62. The van der Waals surface area contributed by atoms with Gasteiger partial charge in [-0.15, -0.1) is 0 Å². The van der Waals surface area contributed by atoms with E-state index in [4.69, 9.17) is 10.2 Å².